The van der Waals surface area contributed by atoms with Crippen molar-refractivity contribution in [2.45, 2.75) is 19.9 Å². The molecule has 0 bridgehead atoms. The van der Waals surface area contributed by atoms with E-state index in [1.54, 1.807) is 24.1 Å². The number of hydrogen-bond donors (Lipinski definition) is 2. The van der Waals surface area contributed by atoms with E-state index in [-0.39, 0.29) is 29.8 Å². The van der Waals surface area contributed by atoms with Crippen molar-refractivity contribution < 1.29 is 4.39 Å². The molecule has 148 valence electrons. The molecule has 1 aromatic heterocycles. The predicted molar refractivity (Wildman–Crippen MR) is 120 cm³/mol. The summed E-state index contributed by atoms with van der Waals surface area (Å²) >= 11 is 0. The number of aliphatic imine (C=N–C) groups is 1. The molecular formula is C20H24FIN6. The molecule has 0 aliphatic rings. The maximum atomic E-state index is 13.2. The van der Waals surface area contributed by atoms with Crippen molar-refractivity contribution in [1.82, 2.24) is 25.4 Å². The Balaban J connectivity index is 0.00000280. The Hall–Kier alpha value is -2.49. The van der Waals surface area contributed by atoms with Crippen molar-refractivity contribution in [2.75, 3.05) is 13.6 Å². The van der Waals surface area contributed by atoms with Gasteiger partial charge in [-0.15, -0.1) is 24.0 Å². The van der Waals surface area contributed by atoms with Gasteiger partial charge in [0.15, 0.2) is 5.96 Å². The lowest BCUT2D eigenvalue weighted by atomic mass is 10.1. The first kappa shape index (κ1) is 21.8. The molecule has 0 unspecified atom stereocenters. The summed E-state index contributed by atoms with van der Waals surface area (Å²) in [7, 11) is 1.74. The van der Waals surface area contributed by atoms with E-state index in [1.165, 1.54) is 12.4 Å². The zero-order chi connectivity index (χ0) is 19.1. The highest BCUT2D eigenvalue weighted by Gasteiger charge is 2.03. The number of aryl methyl sites for hydroxylation is 1. The molecule has 6 nitrogen and oxygen atoms in total. The molecule has 0 saturated carbocycles. The second kappa shape index (κ2) is 10.7. The normalized spacial score (nSPS) is 11.0. The van der Waals surface area contributed by atoms with E-state index in [0.29, 0.717) is 6.54 Å². The van der Waals surface area contributed by atoms with Gasteiger partial charge in [-0.2, -0.15) is 5.10 Å². The number of rotatable bonds is 6. The lowest BCUT2D eigenvalue weighted by Crippen LogP contribution is -2.37. The van der Waals surface area contributed by atoms with Gasteiger partial charge in [0.25, 0.3) is 0 Å². The van der Waals surface area contributed by atoms with Crippen LogP contribution in [0.4, 0.5) is 4.39 Å². The topological polar surface area (TPSA) is 67.1 Å². The fourth-order valence-electron chi connectivity index (χ4n) is 2.77. The molecule has 28 heavy (non-hydrogen) atoms. The van der Waals surface area contributed by atoms with Crippen molar-refractivity contribution in [1.29, 1.82) is 0 Å². The SMILES string of the molecule is CN=C(NCCc1ccc(F)cc1C)NCc1ccc(-n2cncn2)cc1.I. The summed E-state index contributed by atoms with van der Waals surface area (Å²) in [5.41, 5.74) is 4.19. The first-order valence-corrected chi connectivity index (χ1v) is 8.79. The number of hydrogen-bond acceptors (Lipinski definition) is 3. The van der Waals surface area contributed by atoms with Crippen molar-refractivity contribution in [3.05, 3.63) is 77.6 Å². The van der Waals surface area contributed by atoms with Crippen molar-refractivity contribution in [2.24, 2.45) is 4.99 Å². The fourth-order valence-corrected chi connectivity index (χ4v) is 2.77. The van der Waals surface area contributed by atoms with Crippen LogP contribution in [0.5, 0.6) is 0 Å². The molecular weight excluding hydrogens is 470 g/mol. The zero-order valence-electron chi connectivity index (χ0n) is 15.9. The second-order valence-corrected chi connectivity index (χ2v) is 6.18. The number of nitrogens with zero attached hydrogens (tertiary/aromatic N) is 4. The molecule has 0 saturated heterocycles. The van der Waals surface area contributed by atoms with Gasteiger partial charge in [0, 0.05) is 20.1 Å². The van der Waals surface area contributed by atoms with Crippen LogP contribution in [0, 0.1) is 12.7 Å². The molecule has 0 atom stereocenters. The smallest absolute Gasteiger partial charge is 0.191 e. The predicted octanol–water partition coefficient (Wildman–Crippen LogP) is 3.24. The van der Waals surface area contributed by atoms with Crippen molar-refractivity contribution in [3.63, 3.8) is 0 Å². The Morgan fingerprint density at radius 1 is 1.14 bits per heavy atom. The first-order chi connectivity index (χ1) is 13.2. The Morgan fingerprint density at radius 3 is 2.57 bits per heavy atom. The number of nitrogens with one attached hydrogen (secondary N) is 2. The van der Waals surface area contributed by atoms with Gasteiger partial charge < -0.3 is 10.6 Å². The molecule has 0 aliphatic heterocycles. The van der Waals surface area contributed by atoms with Crippen LogP contribution < -0.4 is 10.6 Å². The molecule has 0 fully saturated rings. The van der Waals surface area contributed by atoms with Gasteiger partial charge in [0.05, 0.1) is 5.69 Å². The molecule has 0 radical (unpaired) electrons. The molecule has 1 heterocycles. The van der Waals surface area contributed by atoms with E-state index in [2.05, 4.69) is 25.7 Å². The molecule has 2 N–H and O–H groups in total. The highest BCUT2D eigenvalue weighted by atomic mass is 127. The van der Waals surface area contributed by atoms with Crippen LogP contribution in [-0.4, -0.2) is 34.3 Å². The van der Waals surface area contributed by atoms with Crippen LogP contribution in [0.2, 0.25) is 0 Å². The largest absolute Gasteiger partial charge is 0.356 e. The van der Waals surface area contributed by atoms with E-state index in [9.17, 15) is 4.39 Å². The van der Waals surface area contributed by atoms with Gasteiger partial charge in [0.1, 0.15) is 18.5 Å². The molecule has 2 aromatic carbocycles. The Bertz CT molecular complexity index is 894. The fraction of sp³-hybridized carbons (Fsp3) is 0.250. The highest BCUT2D eigenvalue weighted by molar-refractivity contribution is 14.0. The van der Waals surface area contributed by atoms with Crippen molar-refractivity contribution >= 4 is 29.9 Å². The van der Waals surface area contributed by atoms with Gasteiger partial charge in [-0.1, -0.05) is 18.2 Å². The molecule has 3 aromatic rings. The Morgan fingerprint density at radius 2 is 1.93 bits per heavy atom. The molecule has 8 heteroatoms. The average molecular weight is 494 g/mol. The summed E-state index contributed by atoms with van der Waals surface area (Å²) in [5, 5.41) is 10.7. The zero-order valence-corrected chi connectivity index (χ0v) is 18.2. The maximum absolute atomic E-state index is 13.2. The van der Waals surface area contributed by atoms with Gasteiger partial charge in [0.2, 0.25) is 0 Å². The number of benzene rings is 2. The molecule has 3 rings (SSSR count). The minimum absolute atomic E-state index is 0. The van der Waals surface area contributed by atoms with Gasteiger partial charge >= 0.3 is 0 Å². The first-order valence-electron chi connectivity index (χ1n) is 8.79. The number of halogens is 2. The van der Waals surface area contributed by atoms with Crippen LogP contribution in [0.25, 0.3) is 5.69 Å². The summed E-state index contributed by atoms with van der Waals surface area (Å²) in [5.74, 6) is 0.534. The molecule has 0 spiro atoms. The second-order valence-electron chi connectivity index (χ2n) is 6.18. The van der Waals surface area contributed by atoms with Crippen LogP contribution in [-0.2, 0) is 13.0 Å². The van der Waals surface area contributed by atoms with E-state index in [1.807, 2.05) is 37.3 Å². The minimum atomic E-state index is -0.198. The van der Waals surface area contributed by atoms with Gasteiger partial charge in [-0.3, -0.25) is 4.99 Å². The number of aromatic nitrogens is 3. The van der Waals surface area contributed by atoms with E-state index < -0.39 is 0 Å². The Kier molecular flexibility index (Phi) is 8.37. The van der Waals surface area contributed by atoms with E-state index in [4.69, 9.17) is 0 Å². The third-order valence-electron chi connectivity index (χ3n) is 4.29. The van der Waals surface area contributed by atoms with Gasteiger partial charge in [-0.25, -0.2) is 14.1 Å². The standard InChI is InChI=1S/C20H23FN6.HI/c1-15-11-18(21)6-5-17(15)9-10-24-20(22-2)25-12-16-3-7-19(8-4-16)27-14-23-13-26-27;/h3-8,11,13-14H,9-10,12H2,1-2H3,(H2,22,24,25);1H. The average Bonchev–Trinajstić information content (AvgIpc) is 3.21. The molecule has 0 aliphatic carbocycles. The summed E-state index contributed by atoms with van der Waals surface area (Å²) in [6, 6.07) is 13.0. The summed E-state index contributed by atoms with van der Waals surface area (Å²) in [6.07, 6.45) is 3.99. The Labute approximate surface area is 181 Å². The highest BCUT2D eigenvalue weighted by Crippen LogP contribution is 2.10. The van der Waals surface area contributed by atoms with Crippen LogP contribution in [0.15, 0.2) is 60.1 Å². The quantitative estimate of drug-likeness (QED) is 0.314. The number of guanidine groups is 1. The third-order valence-corrected chi connectivity index (χ3v) is 4.29. The van der Waals surface area contributed by atoms with E-state index >= 15 is 0 Å². The third kappa shape index (κ3) is 6.01. The lowest BCUT2D eigenvalue weighted by Gasteiger charge is -2.13. The van der Waals surface area contributed by atoms with Crippen LogP contribution >= 0.6 is 24.0 Å². The summed E-state index contributed by atoms with van der Waals surface area (Å²) in [4.78, 5) is 8.19. The minimum Gasteiger partial charge on any atom is -0.356 e. The maximum Gasteiger partial charge on any atom is 0.191 e. The lowest BCUT2D eigenvalue weighted by molar-refractivity contribution is 0.625. The monoisotopic (exact) mass is 494 g/mol. The van der Waals surface area contributed by atoms with Crippen LogP contribution in [0.1, 0.15) is 16.7 Å². The van der Waals surface area contributed by atoms with Crippen molar-refractivity contribution in [3.8, 4) is 5.69 Å². The van der Waals surface area contributed by atoms with E-state index in [0.717, 1.165) is 41.3 Å². The summed E-state index contributed by atoms with van der Waals surface area (Å²) < 4.78 is 14.9. The molecule has 0 amide bonds. The summed E-state index contributed by atoms with van der Waals surface area (Å²) in [6.45, 7) is 3.30. The van der Waals surface area contributed by atoms with Crippen LogP contribution in [0.3, 0.4) is 0 Å². The van der Waals surface area contributed by atoms with Gasteiger partial charge in [-0.05, 0) is 54.3 Å².